The molecule has 2 heterocycles. The van der Waals surface area contributed by atoms with Gasteiger partial charge in [-0.25, -0.2) is 14.3 Å². The fourth-order valence-corrected chi connectivity index (χ4v) is 5.86. The van der Waals surface area contributed by atoms with E-state index in [1.807, 2.05) is 0 Å². The van der Waals surface area contributed by atoms with Crippen LogP contribution < -0.4 is 9.64 Å². The van der Waals surface area contributed by atoms with Gasteiger partial charge >= 0.3 is 0 Å². The van der Waals surface area contributed by atoms with Gasteiger partial charge in [0.2, 0.25) is 11.8 Å². The summed E-state index contributed by atoms with van der Waals surface area (Å²) in [5.41, 5.74) is 0.234. The van der Waals surface area contributed by atoms with Crippen molar-refractivity contribution in [3.8, 4) is 5.75 Å². The molecule has 6 nitrogen and oxygen atoms in total. The minimum atomic E-state index is -0.601. The number of carbonyl (C=O) groups excluding carboxylic acids is 3. The van der Waals surface area contributed by atoms with Crippen molar-refractivity contribution in [3.63, 3.8) is 0 Å². The zero-order valence-corrected chi connectivity index (χ0v) is 17.5. The molecular formula is C24H18ClFN2O4. The number of nitrogens with zero attached hydrogens (tertiary/aromatic N) is 2. The summed E-state index contributed by atoms with van der Waals surface area (Å²) >= 11 is 5.71. The molecule has 2 amide bonds. The van der Waals surface area contributed by atoms with Crippen LogP contribution in [0, 0.1) is 41.3 Å². The van der Waals surface area contributed by atoms with Gasteiger partial charge < -0.3 is 4.74 Å². The Morgan fingerprint density at radius 1 is 1.09 bits per heavy atom. The van der Waals surface area contributed by atoms with Gasteiger partial charge in [-0.3, -0.25) is 14.4 Å². The van der Waals surface area contributed by atoms with Gasteiger partial charge in [0.05, 0.1) is 23.1 Å². The van der Waals surface area contributed by atoms with Gasteiger partial charge in [0.1, 0.15) is 17.4 Å². The summed E-state index contributed by atoms with van der Waals surface area (Å²) in [5.74, 6) is 0.112. The SMILES string of the molecule is O=C(COc1ccc(N2C(=O)[C@@H]3[C@H](C2=O)[C@@H]2C=C[C@H]3C3CC32)nc1)c1ccc(F)c(Cl)c1. The lowest BCUT2D eigenvalue weighted by Crippen LogP contribution is -2.40. The molecule has 2 saturated carbocycles. The summed E-state index contributed by atoms with van der Waals surface area (Å²) in [7, 11) is 0. The molecule has 7 rings (SSSR count). The van der Waals surface area contributed by atoms with Crippen LogP contribution >= 0.6 is 11.6 Å². The average molecular weight is 453 g/mol. The molecule has 1 aliphatic heterocycles. The monoisotopic (exact) mass is 452 g/mol. The first kappa shape index (κ1) is 19.6. The Balaban J connectivity index is 1.15. The maximum atomic E-state index is 13.3. The summed E-state index contributed by atoms with van der Waals surface area (Å²) in [6.45, 7) is -0.285. The number of halogens is 2. The summed E-state index contributed by atoms with van der Waals surface area (Å²) in [5, 5.41) is -0.136. The smallest absolute Gasteiger partial charge is 0.239 e. The largest absolute Gasteiger partial charge is 0.484 e. The second-order valence-electron chi connectivity index (χ2n) is 8.86. The van der Waals surface area contributed by atoms with E-state index in [4.69, 9.17) is 16.3 Å². The highest BCUT2D eigenvalue weighted by atomic mass is 35.5. The number of benzene rings is 1. The molecule has 4 aliphatic carbocycles. The summed E-state index contributed by atoms with van der Waals surface area (Å²) < 4.78 is 18.7. The van der Waals surface area contributed by atoms with Crippen LogP contribution in [-0.2, 0) is 9.59 Å². The zero-order chi connectivity index (χ0) is 22.1. The number of aromatic nitrogens is 1. The molecule has 0 radical (unpaired) electrons. The van der Waals surface area contributed by atoms with Crippen molar-refractivity contribution >= 4 is 35.0 Å². The molecule has 0 spiro atoms. The molecular weight excluding hydrogens is 435 g/mol. The number of hydrogen-bond donors (Lipinski definition) is 0. The van der Waals surface area contributed by atoms with E-state index in [0.717, 1.165) is 12.5 Å². The van der Waals surface area contributed by atoms with Crippen molar-refractivity contribution in [3.05, 3.63) is 65.1 Å². The molecule has 1 saturated heterocycles. The first-order chi connectivity index (χ1) is 15.4. The number of rotatable bonds is 5. The Bertz CT molecular complexity index is 1160. The Labute approximate surface area is 188 Å². The van der Waals surface area contributed by atoms with Crippen LogP contribution in [0.3, 0.4) is 0 Å². The van der Waals surface area contributed by atoms with E-state index in [-0.39, 0.29) is 64.3 Å². The predicted molar refractivity (Wildman–Crippen MR) is 113 cm³/mol. The van der Waals surface area contributed by atoms with Gasteiger partial charge in [-0.1, -0.05) is 23.8 Å². The lowest BCUT2D eigenvalue weighted by molar-refractivity contribution is -0.124. The van der Waals surface area contributed by atoms with Crippen LogP contribution in [0.15, 0.2) is 48.7 Å². The molecule has 162 valence electrons. The molecule has 3 fully saturated rings. The lowest BCUT2D eigenvalue weighted by Gasteiger charge is -2.37. The zero-order valence-electron chi connectivity index (χ0n) is 16.8. The Morgan fingerprint density at radius 2 is 1.78 bits per heavy atom. The molecule has 2 bridgehead atoms. The summed E-state index contributed by atoms with van der Waals surface area (Å²) in [6, 6.07) is 6.83. The number of imide groups is 1. The Hall–Kier alpha value is -3.06. The van der Waals surface area contributed by atoms with Crippen LogP contribution in [0.1, 0.15) is 16.8 Å². The third kappa shape index (κ3) is 2.84. The Morgan fingerprint density at radius 3 is 2.38 bits per heavy atom. The standard InChI is InChI=1S/C24H18ClFN2O4/c25-17-7-11(1-5-18(17)26)19(29)10-32-12-2-6-20(27-9-12)28-23(30)21-13-3-4-14(16-8-15(13)16)22(21)24(28)31/h1-7,9,13-16,21-22H,8,10H2/t13-,14+,15?,16?,21-,22+. The summed E-state index contributed by atoms with van der Waals surface area (Å²) in [6.07, 6.45) is 6.75. The van der Waals surface area contributed by atoms with E-state index in [1.54, 1.807) is 12.1 Å². The van der Waals surface area contributed by atoms with Crippen LogP contribution in [0.2, 0.25) is 5.02 Å². The third-order valence-corrected chi connectivity index (χ3v) is 7.51. The molecule has 1 aromatic carbocycles. The number of allylic oxidation sites excluding steroid dienone is 2. The molecule has 0 N–H and O–H groups in total. The van der Waals surface area contributed by atoms with E-state index in [2.05, 4.69) is 17.1 Å². The minimum absolute atomic E-state index is 0.136. The fourth-order valence-electron chi connectivity index (χ4n) is 5.67. The first-order valence-electron chi connectivity index (χ1n) is 10.6. The van der Waals surface area contributed by atoms with Crippen molar-refractivity contribution in [2.75, 3.05) is 11.5 Å². The van der Waals surface area contributed by atoms with Gasteiger partial charge in [0.15, 0.2) is 12.4 Å². The van der Waals surface area contributed by atoms with Crippen LogP contribution in [-0.4, -0.2) is 29.2 Å². The molecule has 6 atom stereocenters. The van der Waals surface area contributed by atoms with E-state index in [9.17, 15) is 18.8 Å². The van der Waals surface area contributed by atoms with Crippen molar-refractivity contribution < 1.29 is 23.5 Å². The van der Waals surface area contributed by atoms with E-state index < -0.39 is 5.82 Å². The van der Waals surface area contributed by atoms with Crippen LogP contribution in [0.25, 0.3) is 0 Å². The first-order valence-corrected chi connectivity index (χ1v) is 10.9. The molecule has 32 heavy (non-hydrogen) atoms. The maximum absolute atomic E-state index is 13.3. The quantitative estimate of drug-likeness (QED) is 0.393. The summed E-state index contributed by atoms with van der Waals surface area (Å²) in [4.78, 5) is 44.0. The highest BCUT2D eigenvalue weighted by molar-refractivity contribution is 6.31. The van der Waals surface area contributed by atoms with Gasteiger partial charge in [-0.05, 0) is 60.4 Å². The van der Waals surface area contributed by atoms with E-state index >= 15 is 0 Å². The van der Waals surface area contributed by atoms with Gasteiger partial charge in [0.25, 0.3) is 0 Å². The number of pyridine rings is 1. The number of hydrogen-bond acceptors (Lipinski definition) is 5. The van der Waals surface area contributed by atoms with Crippen molar-refractivity contribution in [2.24, 2.45) is 35.5 Å². The number of ketones is 1. The highest BCUT2D eigenvalue weighted by Gasteiger charge is 2.67. The van der Waals surface area contributed by atoms with Gasteiger partial charge in [-0.2, -0.15) is 0 Å². The second kappa shape index (κ2) is 6.97. The van der Waals surface area contributed by atoms with Crippen molar-refractivity contribution in [2.45, 2.75) is 6.42 Å². The molecule has 2 aromatic rings. The van der Waals surface area contributed by atoms with Crippen LogP contribution in [0.5, 0.6) is 5.75 Å². The molecule has 2 unspecified atom stereocenters. The van der Waals surface area contributed by atoms with E-state index in [0.29, 0.717) is 17.6 Å². The topological polar surface area (TPSA) is 76.6 Å². The van der Waals surface area contributed by atoms with Gasteiger partial charge in [0, 0.05) is 5.56 Å². The van der Waals surface area contributed by atoms with Crippen LogP contribution in [0.4, 0.5) is 10.2 Å². The lowest BCUT2D eigenvalue weighted by atomic mass is 9.63. The minimum Gasteiger partial charge on any atom is -0.484 e. The molecule has 8 heteroatoms. The maximum Gasteiger partial charge on any atom is 0.239 e. The molecule has 1 aromatic heterocycles. The predicted octanol–water partition coefficient (Wildman–Crippen LogP) is 3.69. The number of Topliss-reactive ketones (excluding diaryl/α,β-unsaturated/α-hetero) is 1. The third-order valence-electron chi connectivity index (χ3n) is 7.22. The van der Waals surface area contributed by atoms with Gasteiger partial charge in [-0.15, -0.1) is 0 Å². The highest BCUT2D eigenvalue weighted by Crippen LogP contribution is 2.65. The number of anilines is 1. The fraction of sp³-hybridized carbons (Fsp3) is 0.333. The number of amides is 2. The normalized spacial score (nSPS) is 31.5. The second-order valence-corrected chi connectivity index (χ2v) is 9.27. The number of ether oxygens (including phenoxy) is 1. The van der Waals surface area contributed by atoms with E-state index in [1.165, 1.54) is 23.2 Å². The molecule has 5 aliphatic rings. The Kier molecular flexibility index (Phi) is 4.27. The van der Waals surface area contributed by atoms with Crippen molar-refractivity contribution in [1.82, 2.24) is 4.98 Å². The number of carbonyl (C=O) groups is 3. The van der Waals surface area contributed by atoms with Crippen molar-refractivity contribution in [1.29, 1.82) is 0 Å². The average Bonchev–Trinajstić information content (AvgIpc) is 3.58.